The van der Waals surface area contributed by atoms with Crippen molar-refractivity contribution in [3.63, 3.8) is 0 Å². The van der Waals surface area contributed by atoms with Crippen molar-refractivity contribution < 1.29 is 0 Å². The predicted molar refractivity (Wildman–Crippen MR) is 488 cm³/mol. The van der Waals surface area contributed by atoms with E-state index >= 15 is 0 Å². The second kappa shape index (κ2) is 26.3. The van der Waals surface area contributed by atoms with Gasteiger partial charge in [0, 0.05) is 33.9 Å². The topological polar surface area (TPSA) is 6.48 Å². The molecule has 0 aromatic heterocycles. The largest absolute Gasteiger partial charge is 0.310 e. The fourth-order valence-electron chi connectivity index (χ4n) is 21.4. The highest BCUT2D eigenvalue weighted by atomic mass is 15.2. The third kappa shape index (κ3) is 10.2. The van der Waals surface area contributed by atoms with Crippen LogP contribution in [-0.2, 0) is 16.2 Å². The van der Waals surface area contributed by atoms with E-state index in [-0.39, 0.29) is 5.41 Å². The summed E-state index contributed by atoms with van der Waals surface area (Å²) in [6, 6.07) is 156. The van der Waals surface area contributed by atoms with Gasteiger partial charge in [-0.3, -0.25) is 0 Å². The summed E-state index contributed by atoms with van der Waals surface area (Å²) in [5, 5.41) is 0. The molecular formula is C115H80N2. The molecular weight excluding hydrogens is 1410 g/mol. The van der Waals surface area contributed by atoms with Gasteiger partial charge in [0.15, 0.2) is 0 Å². The van der Waals surface area contributed by atoms with Gasteiger partial charge < -0.3 is 9.80 Å². The zero-order chi connectivity index (χ0) is 77.8. The number of hydrogen-bond acceptors (Lipinski definition) is 2. The van der Waals surface area contributed by atoms with Gasteiger partial charge in [0.05, 0.1) is 16.5 Å². The quantitative estimate of drug-likeness (QED) is 0.120. The zero-order valence-electron chi connectivity index (χ0n) is 65.7. The van der Waals surface area contributed by atoms with Gasteiger partial charge >= 0.3 is 0 Å². The first-order valence-electron chi connectivity index (χ1n) is 41.1. The minimum atomic E-state index is -0.494. The molecule has 23 rings (SSSR count). The second-order valence-corrected chi connectivity index (χ2v) is 33.0. The van der Waals surface area contributed by atoms with Crippen LogP contribution >= 0.6 is 0 Å². The van der Waals surface area contributed by atoms with E-state index in [1.165, 1.54) is 173 Å². The molecule has 18 aromatic carbocycles. The minimum absolute atomic E-state index is 0.196. The molecule has 0 amide bonds. The Balaban J connectivity index is 0.620. The Kier molecular flexibility index (Phi) is 15.3. The molecule has 5 aliphatic rings. The maximum absolute atomic E-state index is 2.58. The average molecular weight is 1490 g/mol. The second-order valence-electron chi connectivity index (χ2n) is 33.0. The van der Waals surface area contributed by atoms with E-state index in [0.717, 1.165) is 50.7 Å². The van der Waals surface area contributed by atoms with Crippen LogP contribution < -0.4 is 9.80 Å². The van der Waals surface area contributed by atoms with Gasteiger partial charge in [-0.1, -0.05) is 335 Å². The third-order valence-electron chi connectivity index (χ3n) is 26.5. The molecule has 550 valence electrons. The fraction of sp³-hybridized carbons (Fsp3) is 0.0609. The van der Waals surface area contributed by atoms with E-state index in [9.17, 15) is 0 Å². The zero-order valence-corrected chi connectivity index (χ0v) is 65.7. The molecule has 117 heavy (non-hydrogen) atoms. The van der Waals surface area contributed by atoms with Gasteiger partial charge in [-0.25, -0.2) is 0 Å². The van der Waals surface area contributed by atoms with Gasteiger partial charge in [0.25, 0.3) is 0 Å². The molecule has 5 aliphatic carbocycles. The van der Waals surface area contributed by atoms with E-state index in [1.54, 1.807) is 0 Å². The molecule has 0 saturated carbocycles. The summed E-state index contributed by atoms with van der Waals surface area (Å²) >= 11 is 0. The number of rotatable bonds is 12. The van der Waals surface area contributed by atoms with Crippen LogP contribution in [0.2, 0.25) is 0 Å². The van der Waals surface area contributed by atoms with E-state index in [0.29, 0.717) is 0 Å². The van der Waals surface area contributed by atoms with Crippen molar-refractivity contribution in [3.05, 3.63) is 479 Å². The Labute approximate surface area is 684 Å². The van der Waals surface area contributed by atoms with Gasteiger partial charge in [0.1, 0.15) is 0 Å². The third-order valence-corrected chi connectivity index (χ3v) is 26.5. The number of fused-ring (bicyclic) bond motifs is 23. The molecule has 0 saturated heterocycles. The van der Waals surface area contributed by atoms with Crippen molar-refractivity contribution in [1.82, 2.24) is 0 Å². The molecule has 0 aliphatic heterocycles. The van der Waals surface area contributed by atoms with Crippen LogP contribution in [0.3, 0.4) is 0 Å². The maximum Gasteiger partial charge on any atom is 0.0726 e. The van der Waals surface area contributed by atoms with E-state index in [1.807, 2.05) is 0 Å². The molecule has 0 radical (unpaired) electrons. The average Bonchev–Trinajstić information content (AvgIpc) is 1.51. The first-order chi connectivity index (χ1) is 57.6. The van der Waals surface area contributed by atoms with Crippen LogP contribution in [0, 0.1) is 13.8 Å². The highest BCUT2D eigenvalue weighted by Crippen LogP contribution is 2.66. The lowest BCUT2D eigenvalue weighted by molar-refractivity contribution is 0.660. The monoisotopic (exact) mass is 1490 g/mol. The summed E-state index contributed by atoms with van der Waals surface area (Å²) in [4.78, 5) is 5.04. The molecule has 2 spiro atoms. The van der Waals surface area contributed by atoms with Crippen molar-refractivity contribution in [3.8, 4) is 122 Å². The summed E-state index contributed by atoms with van der Waals surface area (Å²) in [5.74, 6) is 0. The van der Waals surface area contributed by atoms with Crippen molar-refractivity contribution in [2.75, 3.05) is 9.80 Å². The Morgan fingerprint density at radius 2 is 0.444 bits per heavy atom. The van der Waals surface area contributed by atoms with Crippen molar-refractivity contribution >= 4 is 34.1 Å². The lowest BCUT2D eigenvalue weighted by Crippen LogP contribution is -2.26. The first kappa shape index (κ1) is 68.2. The summed E-state index contributed by atoms with van der Waals surface area (Å²) in [6.07, 6.45) is 0. The fourth-order valence-corrected chi connectivity index (χ4v) is 21.4. The van der Waals surface area contributed by atoms with Crippen LogP contribution in [0.4, 0.5) is 34.1 Å². The number of aryl methyl sites for hydroxylation is 2. The van der Waals surface area contributed by atoms with Crippen molar-refractivity contribution in [1.29, 1.82) is 0 Å². The Hall–Kier alpha value is -14.4. The molecule has 0 heterocycles. The van der Waals surface area contributed by atoms with Gasteiger partial charge in [0.2, 0.25) is 0 Å². The van der Waals surface area contributed by atoms with E-state index < -0.39 is 10.8 Å². The Morgan fingerprint density at radius 3 is 0.880 bits per heavy atom. The standard InChI is InChI=1S/C115H80N2/c1-73-65-84(66-74(2)112(73)117(88-59-62-98-91-35-11-18-42-102(91)113(3,4)109(98)70-88)89-60-64-100-97-41-17-24-48-108(97)115(111(100)72-89)105-45-21-14-38-94(105)95-39-15-22-46-106(95)115)81-33-26-34-83(68-81)90-61-53-82(69-101(90)78-29-9-6-10-30-78)77-51-56-86(57-52-77)116(85-54-49-76(50-55-85)80-32-25-31-79(67-80)75-27-7-5-8-28-75)87-58-63-99-96-40-16-23-47-107(96)114(110(99)71-87)103-43-19-12-36-92(103)93-37-13-20-44-104(93)114/h5-72H,1-4H3. The summed E-state index contributed by atoms with van der Waals surface area (Å²) < 4.78 is 0. The number of anilines is 6. The van der Waals surface area contributed by atoms with Gasteiger partial charge in [-0.05, 0) is 294 Å². The van der Waals surface area contributed by atoms with E-state index in [2.05, 4.69) is 450 Å². The highest BCUT2D eigenvalue weighted by Gasteiger charge is 2.54. The highest BCUT2D eigenvalue weighted by molar-refractivity contribution is 6.00. The van der Waals surface area contributed by atoms with Crippen LogP contribution in [0.1, 0.15) is 80.6 Å². The summed E-state index contributed by atoms with van der Waals surface area (Å²) in [6.45, 7) is 9.43. The summed E-state index contributed by atoms with van der Waals surface area (Å²) in [7, 11) is 0. The Bertz CT molecular complexity index is 6970. The first-order valence-corrected chi connectivity index (χ1v) is 41.1. The van der Waals surface area contributed by atoms with E-state index in [4.69, 9.17) is 0 Å². The molecule has 18 aromatic rings. The van der Waals surface area contributed by atoms with Crippen molar-refractivity contribution in [2.24, 2.45) is 0 Å². The molecule has 0 fully saturated rings. The SMILES string of the molecule is Cc1cc(-c2cccc(-c3ccc(-c4ccc(N(c5ccc(-c6cccc(-c7ccccc7)c6)cc5)c5ccc6c(c5)C5(c7ccccc7-c7ccccc75)c5ccccc5-6)cc4)cc3-c3ccccc3)c2)cc(C)c1N(c1ccc2c(c1)C(C)(C)c1ccccc1-2)c1ccc2c(c1)C1(c3ccccc3-c3ccccc31)c1ccccc1-2. The molecule has 0 atom stereocenters. The molecule has 0 N–H and O–H groups in total. The van der Waals surface area contributed by atoms with Crippen LogP contribution in [-0.4, -0.2) is 0 Å². The van der Waals surface area contributed by atoms with Gasteiger partial charge in [-0.2, -0.15) is 0 Å². The lowest BCUT2D eigenvalue weighted by atomic mass is 9.70. The molecule has 2 nitrogen and oxygen atoms in total. The van der Waals surface area contributed by atoms with Crippen LogP contribution in [0.5, 0.6) is 0 Å². The lowest BCUT2D eigenvalue weighted by Gasteiger charge is -2.33. The number of nitrogens with zero attached hydrogens (tertiary/aromatic N) is 2. The summed E-state index contributed by atoms with van der Waals surface area (Å²) in [5.41, 5.74) is 48.3. The van der Waals surface area contributed by atoms with Gasteiger partial charge in [-0.15, -0.1) is 0 Å². The molecule has 0 bridgehead atoms. The minimum Gasteiger partial charge on any atom is -0.310 e. The number of benzene rings is 18. The Morgan fingerprint density at radius 1 is 0.162 bits per heavy atom. The number of hydrogen-bond donors (Lipinski definition) is 0. The van der Waals surface area contributed by atoms with Crippen LogP contribution in [0.25, 0.3) is 122 Å². The van der Waals surface area contributed by atoms with Crippen molar-refractivity contribution in [2.45, 2.75) is 43.9 Å². The van der Waals surface area contributed by atoms with Crippen LogP contribution in [0.15, 0.2) is 413 Å². The maximum atomic E-state index is 2.58. The molecule has 0 unspecified atom stereocenters. The smallest absolute Gasteiger partial charge is 0.0726 e. The normalized spacial score (nSPS) is 13.7. The predicted octanol–water partition coefficient (Wildman–Crippen LogP) is 30.2. The molecule has 2 heteroatoms.